The molecule has 0 saturated carbocycles. The molecule has 19 heavy (non-hydrogen) atoms. The Morgan fingerprint density at radius 3 is 2.74 bits per heavy atom. The highest BCUT2D eigenvalue weighted by atomic mass is 32.2. The summed E-state index contributed by atoms with van der Waals surface area (Å²) in [6.07, 6.45) is 0.724. The van der Waals surface area contributed by atoms with Gasteiger partial charge in [0.25, 0.3) is 0 Å². The topological polar surface area (TPSA) is 66.8 Å². The second-order valence-electron chi connectivity index (χ2n) is 4.23. The number of hydrogen-bond acceptors (Lipinski definition) is 5. The number of hydrogen-bond donors (Lipinski definition) is 1. The monoisotopic (exact) mass is 307 g/mol. The minimum atomic E-state index is -3.58. The van der Waals surface area contributed by atoms with Gasteiger partial charge >= 0.3 is 0 Å². The summed E-state index contributed by atoms with van der Waals surface area (Å²) in [5.41, 5.74) is 0. The molecule has 0 radical (unpaired) electrons. The van der Waals surface area contributed by atoms with Gasteiger partial charge < -0.3 is 9.84 Å². The Balaban J connectivity index is 3.12. The number of sulfonamides is 1. The highest BCUT2D eigenvalue weighted by Crippen LogP contribution is 2.26. The first-order valence-electron chi connectivity index (χ1n) is 6.17. The Bertz CT molecular complexity index is 484. The van der Waals surface area contributed by atoms with Crippen molar-refractivity contribution in [2.75, 3.05) is 20.3 Å². The van der Waals surface area contributed by atoms with Crippen molar-refractivity contribution in [3.8, 4) is 0 Å². The van der Waals surface area contributed by atoms with E-state index in [1.165, 1.54) is 15.6 Å². The van der Waals surface area contributed by atoms with Crippen LogP contribution in [0.2, 0.25) is 0 Å². The van der Waals surface area contributed by atoms with E-state index in [1.807, 2.05) is 13.8 Å². The first-order valence-corrected chi connectivity index (χ1v) is 8.49. The van der Waals surface area contributed by atoms with Crippen molar-refractivity contribution in [2.24, 2.45) is 0 Å². The van der Waals surface area contributed by atoms with Crippen LogP contribution in [0.1, 0.15) is 25.1 Å². The third kappa shape index (κ3) is 3.76. The molecule has 1 N–H and O–H groups in total. The van der Waals surface area contributed by atoms with Crippen LogP contribution in [-0.2, 0) is 21.4 Å². The summed E-state index contributed by atoms with van der Waals surface area (Å²) >= 11 is 1.25. The molecule has 0 aliphatic carbocycles. The molecule has 1 heterocycles. The van der Waals surface area contributed by atoms with E-state index in [-0.39, 0.29) is 17.5 Å². The highest BCUT2D eigenvalue weighted by Gasteiger charge is 2.30. The SMILES string of the molecule is CCC(C)N(CCOC)S(=O)(=O)c1ccsc1CO. The van der Waals surface area contributed by atoms with Crippen LogP contribution >= 0.6 is 11.3 Å². The molecule has 1 rings (SSSR count). The van der Waals surface area contributed by atoms with Crippen LogP contribution in [0.15, 0.2) is 16.3 Å². The van der Waals surface area contributed by atoms with E-state index in [0.717, 1.165) is 6.42 Å². The average molecular weight is 307 g/mol. The zero-order valence-electron chi connectivity index (χ0n) is 11.5. The minimum Gasteiger partial charge on any atom is -0.391 e. The van der Waals surface area contributed by atoms with Crippen LogP contribution in [-0.4, -0.2) is 44.1 Å². The third-order valence-corrected chi connectivity index (χ3v) is 6.17. The van der Waals surface area contributed by atoms with Crippen LogP contribution in [0.25, 0.3) is 0 Å². The first kappa shape index (κ1) is 16.6. The number of rotatable bonds is 8. The van der Waals surface area contributed by atoms with Crippen molar-refractivity contribution in [3.63, 3.8) is 0 Å². The molecule has 0 aliphatic rings. The standard InChI is InChI=1S/C12H21NO4S2/c1-4-10(2)13(6-7-17-3)19(15,16)12-5-8-18-11(12)9-14/h5,8,10,14H,4,6-7,9H2,1-3H3. The second-order valence-corrected chi connectivity index (χ2v) is 7.09. The molecule has 0 saturated heterocycles. The molecule has 1 aromatic rings. The smallest absolute Gasteiger partial charge is 0.244 e. The van der Waals surface area contributed by atoms with E-state index in [1.54, 1.807) is 18.6 Å². The van der Waals surface area contributed by atoms with E-state index in [9.17, 15) is 13.5 Å². The second kappa shape index (κ2) is 7.35. The lowest BCUT2D eigenvalue weighted by atomic mass is 10.3. The molecule has 5 nitrogen and oxygen atoms in total. The van der Waals surface area contributed by atoms with E-state index >= 15 is 0 Å². The molecule has 0 fully saturated rings. The molecular formula is C12H21NO4S2. The van der Waals surface area contributed by atoms with E-state index < -0.39 is 10.0 Å². The van der Waals surface area contributed by atoms with Crippen molar-refractivity contribution >= 4 is 21.4 Å². The third-order valence-electron chi connectivity index (χ3n) is 3.03. The Labute approximate surface area is 118 Å². The molecule has 1 aromatic heterocycles. The largest absolute Gasteiger partial charge is 0.391 e. The number of methoxy groups -OCH3 is 1. The predicted molar refractivity (Wildman–Crippen MR) is 75.8 cm³/mol. The molecule has 1 atom stereocenters. The van der Waals surface area contributed by atoms with Gasteiger partial charge in [0.2, 0.25) is 10.0 Å². The summed E-state index contributed by atoms with van der Waals surface area (Å²) in [5, 5.41) is 10.9. The van der Waals surface area contributed by atoms with Crippen LogP contribution in [0, 0.1) is 0 Å². The summed E-state index contributed by atoms with van der Waals surface area (Å²) in [6.45, 7) is 4.22. The molecule has 7 heteroatoms. The molecule has 110 valence electrons. The predicted octanol–water partition coefficient (Wildman–Crippen LogP) is 1.68. The van der Waals surface area contributed by atoms with Crippen molar-refractivity contribution in [1.82, 2.24) is 4.31 Å². The molecule has 0 amide bonds. The Hall–Kier alpha value is -0.470. The first-order chi connectivity index (χ1) is 8.98. The van der Waals surface area contributed by atoms with Crippen LogP contribution in [0.5, 0.6) is 0 Å². The van der Waals surface area contributed by atoms with Crippen molar-refractivity contribution in [1.29, 1.82) is 0 Å². The summed E-state index contributed by atoms with van der Waals surface area (Å²) in [6, 6.07) is 1.44. The Morgan fingerprint density at radius 2 is 2.21 bits per heavy atom. The van der Waals surface area contributed by atoms with Gasteiger partial charge in [0, 0.05) is 24.6 Å². The molecule has 0 aliphatic heterocycles. The van der Waals surface area contributed by atoms with Crippen molar-refractivity contribution < 1.29 is 18.3 Å². The summed E-state index contributed by atoms with van der Waals surface area (Å²) in [4.78, 5) is 0.683. The van der Waals surface area contributed by atoms with Crippen LogP contribution in [0.4, 0.5) is 0 Å². The summed E-state index contributed by atoms with van der Waals surface area (Å²) < 4.78 is 31.7. The van der Waals surface area contributed by atoms with Gasteiger partial charge in [-0.2, -0.15) is 4.31 Å². The zero-order valence-corrected chi connectivity index (χ0v) is 13.1. The number of thiophene rings is 1. The van der Waals surface area contributed by atoms with Gasteiger partial charge in [-0.05, 0) is 24.8 Å². The average Bonchev–Trinajstić information content (AvgIpc) is 2.87. The number of nitrogens with zero attached hydrogens (tertiary/aromatic N) is 1. The zero-order chi connectivity index (χ0) is 14.5. The minimum absolute atomic E-state index is 0.105. The van der Waals surface area contributed by atoms with Crippen molar-refractivity contribution in [2.45, 2.75) is 37.8 Å². The maximum absolute atomic E-state index is 12.6. The fourth-order valence-corrected chi connectivity index (χ4v) is 4.72. The van der Waals surface area contributed by atoms with Gasteiger partial charge in [-0.25, -0.2) is 8.42 Å². The summed E-state index contributed by atoms with van der Waals surface area (Å²) in [5.74, 6) is 0. The van der Waals surface area contributed by atoms with Gasteiger partial charge in [0.15, 0.2) is 0 Å². The van der Waals surface area contributed by atoms with Gasteiger partial charge in [-0.15, -0.1) is 11.3 Å². The number of aliphatic hydroxyl groups excluding tert-OH is 1. The molecular weight excluding hydrogens is 286 g/mol. The van der Waals surface area contributed by atoms with Crippen molar-refractivity contribution in [3.05, 3.63) is 16.3 Å². The Morgan fingerprint density at radius 1 is 1.53 bits per heavy atom. The number of ether oxygens (including phenoxy) is 1. The maximum Gasteiger partial charge on any atom is 0.244 e. The van der Waals surface area contributed by atoms with Gasteiger partial charge in [0.1, 0.15) is 0 Å². The lowest BCUT2D eigenvalue weighted by Gasteiger charge is -2.27. The fraction of sp³-hybridized carbons (Fsp3) is 0.667. The fourth-order valence-electron chi connectivity index (χ4n) is 1.76. The Kier molecular flexibility index (Phi) is 6.41. The van der Waals surface area contributed by atoms with Gasteiger partial charge in [-0.3, -0.25) is 0 Å². The lowest BCUT2D eigenvalue weighted by Crippen LogP contribution is -2.40. The van der Waals surface area contributed by atoms with Gasteiger partial charge in [0.05, 0.1) is 18.1 Å². The number of aliphatic hydroxyl groups is 1. The van der Waals surface area contributed by atoms with Crippen LogP contribution in [0.3, 0.4) is 0 Å². The molecule has 0 bridgehead atoms. The van der Waals surface area contributed by atoms with E-state index in [0.29, 0.717) is 18.0 Å². The molecule has 0 aromatic carbocycles. The normalized spacial score (nSPS) is 13.9. The van der Waals surface area contributed by atoms with Gasteiger partial charge in [-0.1, -0.05) is 6.92 Å². The van der Waals surface area contributed by atoms with E-state index in [2.05, 4.69) is 0 Å². The maximum atomic E-state index is 12.6. The summed E-state index contributed by atoms with van der Waals surface area (Å²) in [7, 11) is -2.03. The van der Waals surface area contributed by atoms with Crippen LogP contribution < -0.4 is 0 Å². The quantitative estimate of drug-likeness (QED) is 0.793. The lowest BCUT2D eigenvalue weighted by molar-refractivity contribution is 0.167. The highest BCUT2D eigenvalue weighted by molar-refractivity contribution is 7.89. The van der Waals surface area contributed by atoms with E-state index in [4.69, 9.17) is 4.74 Å². The molecule has 1 unspecified atom stereocenters. The molecule has 0 spiro atoms.